The molecule has 2 rings (SSSR count). The average Bonchev–Trinajstić information content (AvgIpc) is 2.43. The Morgan fingerprint density at radius 1 is 1.20 bits per heavy atom. The smallest absolute Gasteiger partial charge is 0.251 e. The third-order valence-electron chi connectivity index (χ3n) is 2.55. The first kappa shape index (κ1) is 14.7. The number of benzene rings is 2. The molecule has 1 N–H and O–H groups in total. The van der Waals surface area contributed by atoms with Crippen molar-refractivity contribution in [3.8, 4) is 11.5 Å². The fourth-order valence-electron chi connectivity index (χ4n) is 1.65. The molecule has 0 atom stereocenters. The number of hydrogen-bond acceptors (Lipinski definition) is 2. The molecule has 0 heterocycles. The minimum atomic E-state index is -0.143. The van der Waals surface area contributed by atoms with Gasteiger partial charge in [-0.05, 0) is 37.3 Å². The lowest BCUT2D eigenvalue weighted by molar-refractivity contribution is 0.0955. The highest BCUT2D eigenvalue weighted by Crippen LogP contribution is 2.32. The van der Waals surface area contributed by atoms with Crippen LogP contribution in [0.3, 0.4) is 0 Å². The molecule has 3 nitrogen and oxygen atoms in total. The molecule has 0 aromatic heterocycles. The zero-order valence-electron chi connectivity index (χ0n) is 10.8. The van der Waals surface area contributed by atoms with E-state index in [-0.39, 0.29) is 5.91 Å². The van der Waals surface area contributed by atoms with Crippen LogP contribution in [0.1, 0.15) is 17.3 Å². The molecule has 104 valence electrons. The lowest BCUT2D eigenvalue weighted by Gasteiger charge is -2.09. The maximum absolute atomic E-state index is 11.8. The van der Waals surface area contributed by atoms with Crippen molar-refractivity contribution in [1.29, 1.82) is 0 Å². The Balaban J connectivity index is 2.23. The van der Waals surface area contributed by atoms with E-state index >= 15 is 0 Å². The van der Waals surface area contributed by atoms with Gasteiger partial charge in [-0.3, -0.25) is 4.79 Å². The molecule has 0 radical (unpaired) electrons. The molecule has 0 aliphatic heterocycles. The van der Waals surface area contributed by atoms with Gasteiger partial charge in [0, 0.05) is 23.2 Å². The summed E-state index contributed by atoms with van der Waals surface area (Å²) in [6, 6.07) is 11.8. The van der Waals surface area contributed by atoms with Crippen LogP contribution in [0.5, 0.6) is 11.5 Å². The minimum Gasteiger partial charge on any atom is -0.456 e. The number of halogens is 2. The Hall–Kier alpha value is -1.71. The molecule has 5 heteroatoms. The molecule has 0 aliphatic carbocycles. The molecule has 0 fully saturated rings. The van der Waals surface area contributed by atoms with Gasteiger partial charge in [0.1, 0.15) is 11.5 Å². The number of amides is 1. The van der Waals surface area contributed by atoms with Gasteiger partial charge < -0.3 is 10.1 Å². The zero-order valence-corrected chi connectivity index (χ0v) is 12.3. The highest BCUT2D eigenvalue weighted by Gasteiger charge is 2.08. The summed E-state index contributed by atoms with van der Waals surface area (Å²) in [6.07, 6.45) is 0. The largest absolute Gasteiger partial charge is 0.456 e. The number of hydrogen-bond donors (Lipinski definition) is 1. The molecular formula is C15H13Cl2NO2. The van der Waals surface area contributed by atoms with Crippen LogP contribution in [0.2, 0.25) is 10.0 Å². The van der Waals surface area contributed by atoms with Crippen molar-refractivity contribution in [3.63, 3.8) is 0 Å². The SMILES string of the molecule is CCNC(=O)c1cccc(Oc2cc(Cl)ccc2Cl)c1. The summed E-state index contributed by atoms with van der Waals surface area (Å²) in [5.74, 6) is 0.834. The van der Waals surface area contributed by atoms with Crippen molar-refractivity contribution in [2.75, 3.05) is 6.54 Å². The van der Waals surface area contributed by atoms with Crippen LogP contribution in [0.4, 0.5) is 0 Å². The molecule has 0 aliphatic rings. The molecular weight excluding hydrogens is 297 g/mol. The Labute approximate surface area is 127 Å². The molecule has 2 aromatic carbocycles. The maximum Gasteiger partial charge on any atom is 0.251 e. The van der Waals surface area contributed by atoms with Gasteiger partial charge >= 0.3 is 0 Å². The van der Waals surface area contributed by atoms with Crippen molar-refractivity contribution < 1.29 is 9.53 Å². The molecule has 0 spiro atoms. The van der Waals surface area contributed by atoms with Crippen LogP contribution in [0, 0.1) is 0 Å². The van der Waals surface area contributed by atoms with E-state index in [4.69, 9.17) is 27.9 Å². The fourth-order valence-corrected chi connectivity index (χ4v) is 1.96. The summed E-state index contributed by atoms with van der Waals surface area (Å²) in [7, 11) is 0. The number of ether oxygens (including phenoxy) is 1. The molecule has 2 aromatic rings. The molecule has 20 heavy (non-hydrogen) atoms. The Morgan fingerprint density at radius 2 is 2.00 bits per heavy atom. The normalized spacial score (nSPS) is 10.2. The lowest BCUT2D eigenvalue weighted by Crippen LogP contribution is -2.22. The molecule has 0 unspecified atom stereocenters. The summed E-state index contributed by atoms with van der Waals surface area (Å²) < 4.78 is 5.66. The van der Waals surface area contributed by atoms with Crippen LogP contribution < -0.4 is 10.1 Å². The monoisotopic (exact) mass is 309 g/mol. The standard InChI is InChI=1S/C15H13Cl2NO2/c1-2-18-15(19)10-4-3-5-12(8-10)20-14-9-11(16)6-7-13(14)17/h3-9H,2H2,1H3,(H,18,19). The third kappa shape index (κ3) is 3.65. The van der Waals surface area contributed by atoms with Gasteiger partial charge in [-0.15, -0.1) is 0 Å². The van der Waals surface area contributed by atoms with E-state index in [0.29, 0.717) is 33.7 Å². The van der Waals surface area contributed by atoms with E-state index in [2.05, 4.69) is 5.32 Å². The highest BCUT2D eigenvalue weighted by atomic mass is 35.5. The zero-order chi connectivity index (χ0) is 14.5. The predicted octanol–water partition coefficient (Wildman–Crippen LogP) is 4.54. The van der Waals surface area contributed by atoms with Crippen molar-refractivity contribution in [2.24, 2.45) is 0 Å². The van der Waals surface area contributed by atoms with E-state index in [1.165, 1.54) is 0 Å². The van der Waals surface area contributed by atoms with Crippen LogP contribution in [-0.2, 0) is 0 Å². The van der Waals surface area contributed by atoms with Crippen LogP contribution in [0.15, 0.2) is 42.5 Å². The first-order valence-corrected chi connectivity index (χ1v) is 6.87. The molecule has 0 bridgehead atoms. The summed E-state index contributed by atoms with van der Waals surface area (Å²) in [5, 5.41) is 3.72. The first-order chi connectivity index (χ1) is 9.60. The fraction of sp³-hybridized carbons (Fsp3) is 0.133. The van der Waals surface area contributed by atoms with E-state index in [0.717, 1.165) is 0 Å². The molecule has 0 saturated carbocycles. The second-order valence-corrected chi connectivity index (χ2v) is 4.91. The summed E-state index contributed by atoms with van der Waals surface area (Å²) in [5.41, 5.74) is 0.530. The Morgan fingerprint density at radius 3 is 2.75 bits per heavy atom. The maximum atomic E-state index is 11.8. The van der Waals surface area contributed by atoms with Gasteiger partial charge in [-0.25, -0.2) is 0 Å². The van der Waals surface area contributed by atoms with E-state index in [1.54, 1.807) is 42.5 Å². The van der Waals surface area contributed by atoms with Crippen molar-refractivity contribution in [2.45, 2.75) is 6.92 Å². The van der Waals surface area contributed by atoms with E-state index < -0.39 is 0 Å². The summed E-state index contributed by atoms with van der Waals surface area (Å²) in [4.78, 5) is 11.8. The van der Waals surface area contributed by atoms with E-state index in [1.807, 2.05) is 6.92 Å². The van der Waals surface area contributed by atoms with E-state index in [9.17, 15) is 4.79 Å². The van der Waals surface area contributed by atoms with Gasteiger partial charge in [0.25, 0.3) is 5.91 Å². The van der Waals surface area contributed by atoms with Crippen LogP contribution in [0.25, 0.3) is 0 Å². The minimum absolute atomic E-state index is 0.143. The Kier molecular flexibility index (Phi) is 4.88. The average molecular weight is 310 g/mol. The van der Waals surface area contributed by atoms with Gasteiger partial charge in [0.15, 0.2) is 0 Å². The second kappa shape index (κ2) is 6.64. The van der Waals surface area contributed by atoms with Crippen molar-refractivity contribution >= 4 is 29.1 Å². The molecule has 1 amide bonds. The number of rotatable bonds is 4. The van der Waals surface area contributed by atoms with Crippen LogP contribution >= 0.6 is 23.2 Å². The number of carbonyl (C=O) groups excluding carboxylic acids is 1. The third-order valence-corrected chi connectivity index (χ3v) is 3.10. The molecule has 0 saturated heterocycles. The number of nitrogens with one attached hydrogen (secondary N) is 1. The van der Waals surface area contributed by atoms with Gasteiger partial charge in [0.2, 0.25) is 0 Å². The van der Waals surface area contributed by atoms with Gasteiger partial charge in [-0.1, -0.05) is 29.3 Å². The number of carbonyl (C=O) groups is 1. The van der Waals surface area contributed by atoms with Gasteiger partial charge in [0.05, 0.1) is 5.02 Å². The van der Waals surface area contributed by atoms with Crippen molar-refractivity contribution in [3.05, 3.63) is 58.1 Å². The van der Waals surface area contributed by atoms with Gasteiger partial charge in [-0.2, -0.15) is 0 Å². The lowest BCUT2D eigenvalue weighted by atomic mass is 10.2. The topological polar surface area (TPSA) is 38.3 Å². The predicted molar refractivity (Wildman–Crippen MR) is 81.0 cm³/mol. The Bertz CT molecular complexity index is 629. The summed E-state index contributed by atoms with van der Waals surface area (Å²) >= 11 is 11.9. The first-order valence-electron chi connectivity index (χ1n) is 6.11. The summed E-state index contributed by atoms with van der Waals surface area (Å²) in [6.45, 7) is 2.44. The highest BCUT2D eigenvalue weighted by molar-refractivity contribution is 6.34. The van der Waals surface area contributed by atoms with Crippen LogP contribution in [-0.4, -0.2) is 12.5 Å². The second-order valence-electron chi connectivity index (χ2n) is 4.06. The quantitative estimate of drug-likeness (QED) is 0.900. The van der Waals surface area contributed by atoms with Crippen molar-refractivity contribution in [1.82, 2.24) is 5.32 Å².